The van der Waals surface area contributed by atoms with Gasteiger partial charge in [-0.15, -0.1) is 0 Å². The Balaban J connectivity index is 0.000000443. The van der Waals surface area contributed by atoms with Crippen molar-refractivity contribution in [3.63, 3.8) is 0 Å². The molecule has 41 heavy (non-hydrogen) atoms. The summed E-state index contributed by atoms with van der Waals surface area (Å²) in [5.41, 5.74) is 8.20. The van der Waals surface area contributed by atoms with Crippen molar-refractivity contribution < 1.29 is 9.59 Å². The molecule has 7 nitrogen and oxygen atoms in total. The van der Waals surface area contributed by atoms with Crippen molar-refractivity contribution in [2.45, 2.75) is 137 Å². The molecule has 1 unspecified atom stereocenters. The third kappa shape index (κ3) is 10.0. The summed E-state index contributed by atoms with van der Waals surface area (Å²) < 4.78 is 0. The molecule has 2 aliphatic heterocycles. The molecule has 2 aliphatic carbocycles. The van der Waals surface area contributed by atoms with Crippen molar-refractivity contribution in [3.05, 3.63) is 35.4 Å². The minimum atomic E-state index is -0.321. The van der Waals surface area contributed by atoms with Crippen molar-refractivity contribution in [2.75, 3.05) is 6.54 Å². The third-order valence-corrected chi connectivity index (χ3v) is 9.14. The van der Waals surface area contributed by atoms with Crippen LogP contribution in [0.15, 0.2) is 29.3 Å². The first-order valence-corrected chi connectivity index (χ1v) is 16.6. The van der Waals surface area contributed by atoms with Gasteiger partial charge in [-0.1, -0.05) is 123 Å². The molecule has 0 aromatic heterocycles. The predicted molar refractivity (Wildman–Crippen MR) is 169 cm³/mol. The maximum atomic E-state index is 12.9. The first kappa shape index (κ1) is 32.9. The first-order valence-electron chi connectivity index (χ1n) is 16.6. The summed E-state index contributed by atoms with van der Waals surface area (Å²) in [5.74, 6) is 2.55. The van der Waals surface area contributed by atoms with Crippen molar-refractivity contribution in [1.29, 1.82) is 0 Å². The van der Waals surface area contributed by atoms with Gasteiger partial charge < -0.3 is 16.0 Å². The summed E-state index contributed by atoms with van der Waals surface area (Å²) in [6.07, 6.45) is 15.9. The zero-order chi connectivity index (χ0) is 29.8. The number of nitrogens with zero attached hydrogens (tertiary/aromatic N) is 3. The molecule has 1 saturated heterocycles. The summed E-state index contributed by atoms with van der Waals surface area (Å²) >= 11 is 0. The van der Waals surface area contributed by atoms with Crippen LogP contribution in [-0.2, 0) is 17.9 Å². The Bertz CT molecular complexity index is 964. The number of urea groups is 1. The van der Waals surface area contributed by atoms with Gasteiger partial charge in [-0.25, -0.2) is 9.79 Å². The van der Waals surface area contributed by atoms with E-state index in [0.717, 1.165) is 42.3 Å². The molecule has 2 saturated carbocycles. The van der Waals surface area contributed by atoms with Crippen molar-refractivity contribution in [2.24, 2.45) is 28.5 Å². The van der Waals surface area contributed by atoms with E-state index in [1.165, 1.54) is 64.2 Å². The number of amides is 3. The Kier molecular flexibility index (Phi) is 13.5. The number of carbonyl (C=O) groups excluding carboxylic acids is 2. The summed E-state index contributed by atoms with van der Waals surface area (Å²) in [5, 5.41) is 3.04. The minimum Gasteiger partial charge on any atom is -0.369 e. The lowest BCUT2D eigenvalue weighted by atomic mass is 9.85. The molecule has 0 spiro atoms. The second kappa shape index (κ2) is 16.8. The number of nitrogens with two attached hydrogens (primary N) is 1. The normalized spacial score (nSPS) is 23.5. The number of carbonyl (C=O) groups is 2. The molecule has 7 heteroatoms. The molecule has 3 amide bonds. The first-order chi connectivity index (χ1) is 19.8. The predicted octanol–water partition coefficient (Wildman–Crippen LogP) is 7.24. The van der Waals surface area contributed by atoms with Gasteiger partial charge in [-0.3, -0.25) is 9.69 Å². The fourth-order valence-corrected chi connectivity index (χ4v) is 6.38. The molecule has 230 valence electrons. The van der Waals surface area contributed by atoms with E-state index in [1.807, 2.05) is 43.0 Å². The van der Waals surface area contributed by atoms with E-state index in [2.05, 4.69) is 31.1 Å². The highest BCUT2D eigenvalue weighted by Crippen LogP contribution is 2.29. The fraction of sp³-hybridized carbons (Fsp3) is 0.735. The maximum Gasteiger partial charge on any atom is 0.318 e. The summed E-state index contributed by atoms with van der Waals surface area (Å²) in [6, 6.07) is 7.96. The topological polar surface area (TPSA) is 91.0 Å². The van der Waals surface area contributed by atoms with Crippen LogP contribution in [0.25, 0.3) is 0 Å². The van der Waals surface area contributed by atoms with Crippen LogP contribution >= 0.6 is 0 Å². The Labute approximate surface area is 249 Å². The van der Waals surface area contributed by atoms with Crippen molar-refractivity contribution in [1.82, 2.24) is 15.1 Å². The highest BCUT2D eigenvalue weighted by molar-refractivity contribution is 6.04. The molecule has 1 aromatic rings. The molecular weight excluding hydrogens is 510 g/mol. The molecule has 3 N–H and O–H groups in total. The molecule has 5 rings (SSSR count). The van der Waals surface area contributed by atoms with E-state index in [4.69, 9.17) is 5.73 Å². The van der Waals surface area contributed by atoms with Gasteiger partial charge in [0.2, 0.25) is 0 Å². The number of nitrogens with one attached hydrogen (secondary N) is 1. The third-order valence-electron chi connectivity index (χ3n) is 9.14. The highest BCUT2D eigenvalue weighted by atomic mass is 16.2. The molecular formula is C34H57N5O2. The smallest absolute Gasteiger partial charge is 0.318 e. The van der Waals surface area contributed by atoms with Crippen LogP contribution in [0.4, 0.5) is 4.79 Å². The molecule has 3 fully saturated rings. The quantitative estimate of drug-likeness (QED) is 0.347. The van der Waals surface area contributed by atoms with Crippen LogP contribution in [0.2, 0.25) is 0 Å². The lowest BCUT2D eigenvalue weighted by Gasteiger charge is -2.22. The van der Waals surface area contributed by atoms with E-state index < -0.39 is 0 Å². The largest absolute Gasteiger partial charge is 0.369 e. The highest BCUT2D eigenvalue weighted by Gasteiger charge is 2.34. The summed E-state index contributed by atoms with van der Waals surface area (Å²) in [6.45, 7) is 12.4. The van der Waals surface area contributed by atoms with Gasteiger partial charge in [-0.05, 0) is 41.7 Å². The van der Waals surface area contributed by atoms with Crippen LogP contribution in [0, 0.1) is 17.8 Å². The average Bonchev–Trinajstić information content (AvgIpc) is 3.49. The number of hydrogen-bond acceptors (Lipinski definition) is 4. The molecule has 2 atom stereocenters. The SMILES string of the molecule is CC.CC(C)[C@H]1CN(Cc2ccc(CN3C(=O)C(CCC4CCCCC4)N=C3N)cc2)C(=O)N1.CC1CCCCC1. The fourth-order valence-electron chi connectivity index (χ4n) is 6.38. The second-order valence-corrected chi connectivity index (χ2v) is 12.7. The Morgan fingerprint density at radius 1 is 0.878 bits per heavy atom. The van der Waals surface area contributed by atoms with E-state index in [1.54, 1.807) is 4.90 Å². The zero-order valence-corrected chi connectivity index (χ0v) is 26.5. The van der Waals surface area contributed by atoms with Crippen LogP contribution < -0.4 is 11.1 Å². The number of aliphatic imine (C=N–C) groups is 1. The maximum absolute atomic E-state index is 12.9. The van der Waals surface area contributed by atoms with Crippen molar-refractivity contribution >= 4 is 17.9 Å². The van der Waals surface area contributed by atoms with Gasteiger partial charge in [0.25, 0.3) is 5.91 Å². The average molecular weight is 568 g/mol. The number of benzene rings is 1. The monoisotopic (exact) mass is 567 g/mol. The Hall–Kier alpha value is -2.57. The minimum absolute atomic E-state index is 0.00121. The van der Waals surface area contributed by atoms with Gasteiger partial charge in [-0.2, -0.15) is 0 Å². The van der Waals surface area contributed by atoms with Crippen molar-refractivity contribution in [3.8, 4) is 0 Å². The molecule has 2 heterocycles. The van der Waals surface area contributed by atoms with E-state index in [-0.39, 0.29) is 24.0 Å². The number of hydrogen-bond donors (Lipinski definition) is 2. The van der Waals surface area contributed by atoms with Gasteiger partial charge >= 0.3 is 6.03 Å². The second-order valence-electron chi connectivity index (χ2n) is 12.7. The van der Waals surface area contributed by atoms with Crippen LogP contribution in [0.3, 0.4) is 0 Å². The van der Waals surface area contributed by atoms with Crippen LogP contribution in [-0.4, -0.2) is 46.3 Å². The molecule has 0 radical (unpaired) electrons. The standard InChI is InChI=1S/C25H37N5O2.C7H14.C2H6/c1-17(2)22-16-29(25(32)28-22)14-19-8-10-20(11-9-19)15-30-23(31)21(27-24(30)26)13-12-18-6-4-3-5-7-18;1-7-5-3-2-4-6-7;1-2/h8-11,17-18,21-22H,3-7,12-16H2,1-2H3,(H2,26,27)(H,28,32);7H,2-6H2,1H3;1-2H3/t21?,22-;;/m1../s1. The lowest BCUT2D eigenvalue weighted by molar-refractivity contribution is -0.128. The van der Waals surface area contributed by atoms with Gasteiger partial charge in [0.05, 0.1) is 12.6 Å². The van der Waals surface area contributed by atoms with Gasteiger partial charge in [0.15, 0.2) is 5.96 Å². The summed E-state index contributed by atoms with van der Waals surface area (Å²) in [7, 11) is 0. The van der Waals surface area contributed by atoms with Gasteiger partial charge in [0, 0.05) is 13.1 Å². The Morgan fingerprint density at radius 2 is 1.44 bits per heavy atom. The molecule has 1 aromatic carbocycles. The zero-order valence-electron chi connectivity index (χ0n) is 26.5. The van der Waals surface area contributed by atoms with Crippen LogP contribution in [0.1, 0.15) is 123 Å². The lowest BCUT2D eigenvalue weighted by Crippen LogP contribution is -2.38. The molecule has 0 bridgehead atoms. The number of guanidine groups is 1. The van der Waals surface area contributed by atoms with Gasteiger partial charge in [0.1, 0.15) is 6.04 Å². The van der Waals surface area contributed by atoms with E-state index in [9.17, 15) is 9.59 Å². The van der Waals surface area contributed by atoms with E-state index >= 15 is 0 Å². The molecule has 4 aliphatic rings. The Morgan fingerprint density at radius 3 is 1.95 bits per heavy atom. The van der Waals surface area contributed by atoms with E-state index in [0.29, 0.717) is 25.0 Å². The summed E-state index contributed by atoms with van der Waals surface area (Å²) in [4.78, 5) is 33.0. The number of rotatable bonds is 8. The van der Waals surface area contributed by atoms with Crippen LogP contribution in [0.5, 0.6) is 0 Å².